The van der Waals surface area contributed by atoms with Crippen molar-refractivity contribution in [1.82, 2.24) is 0 Å². The molecule has 16 heavy (non-hydrogen) atoms. The second kappa shape index (κ2) is 5.01. The number of benzene rings is 1. The monoisotopic (exact) mass is 217 g/mol. The van der Waals surface area contributed by atoms with E-state index in [9.17, 15) is 0 Å². The fourth-order valence-electron chi connectivity index (χ4n) is 2.12. The molecule has 0 unspecified atom stereocenters. The first-order chi connectivity index (χ1) is 7.79. The Kier molecular flexibility index (Phi) is 3.44. The van der Waals surface area contributed by atoms with Gasteiger partial charge in [0.1, 0.15) is 0 Å². The van der Waals surface area contributed by atoms with Gasteiger partial charge in [0, 0.05) is 18.8 Å². The predicted molar refractivity (Wildman–Crippen MR) is 68.8 cm³/mol. The summed E-state index contributed by atoms with van der Waals surface area (Å²) in [5.74, 6) is 5.99. The Morgan fingerprint density at radius 1 is 1.25 bits per heavy atom. The van der Waals surface area contributed by atoms with Gasteiger partial charge in [-0.05, 0) is 36.5 Å². The van der Waals surface area contributed by atoms with Crippen molar-refractivity contribution in [3.05, 3.63) is 29.8 Å². The first-order valence-corrected chi connectivity index (χ1v) is 5.88. The molecule has 2 rings (SSSR count). The number of nitrogens with zero attached hydrogens (tertiary/aromatic N) is 2. The number of hydrogen-bond donors (Lipinski definition) is 1. The van der Waals surface area contributed by atoms with E-state index in [0.29, 0.717) is 0 Å². The largest absolute Gasteiger partial charge is 0.372 e. The van der Waals surface area contributed by atoms with Crippen molar-refractivity contribution in [3.8, 4) is 0 Å². The molecule has 2 N–H and O–H groups in total. The van der Waals surface area contributed by atoms with Crippen LogP contribution in [0.1, 0.15) is 25.3 Å². The van der Waals surface area contributed by atoms with Gasteiger partial charge in [0.2, 0.25) is 0 Å². The highest BCUT2D eigenvalue weighted by Gasteiger charge is 2.15. The van der Waals surface area contributed by atoms with Crippen LogP contribution in [0.2, 0.25) is 0 Å². The molecule has 3 nitrogen and oxygen atoms in total. The highest BCUT2D eigenvalue weighted by molar-refractivity contribution is 5.80. The van der Waals surface area contributed by atoms with Crippen LogP contribution in [-0.4, -0.2) is 19.3 Å². The number of hydrogen-bond acceptors (Lipinski definition) is 3. The van der Waals surface area contributed by atoms with E-state index in [2.05, 4.69) is 41.2 Å². The summed E-state index contributed by atoms with van der Waals surface area (Å²) in [5, 5.41) is 3.52. The Morgan fingerprint density at radius 3 is 2.44 bits per heavy atom. The molecule has 0 spiro atoms. The molecule has 1 aromatic carbocycles. The van der Waals surface area contributed by atoms with E-state index in [1.807, 2.05) is 0 Å². The zero-order valence-corrected chi connectivity index (χ0v) is 9.76. The molecule has 0 saturated carbocycles. The summed E-state index contributed by atoms with van der Waals surface area (Å²) in [6.07, 6.45) is 4.26. The maximum Gasteiger partial charge on any atom is 0.0538 e. The summed E-state index contributed by atoms with van der Waals surface area (Å²) in [7, 11) is 0. The lowest BCUT2D eigenvalue weighted by Crippen LogP contribution is -2.32. The van der Waals surface area contributed by atoms with Crippen LogP contribution in [-0.2, 0) is 0 Å². The predicted octanol–water partition coefficient (Wildman–Crippen LogP) is 2.22. The first kappa shape index (κ1) is 11.0. The van der Waals surface area contributed by atoms with Gasteiger partial charge in [-0.3, -0.25) is 0 Å². The summed E-state index contributed by atoms with van der Waals surface area (Å²) in [6, 6.07) is 8.41. The SMILES string of the molecule is CC1CCN(c2ccc(C=NN)cc2)CC1. The van der Waals surface area contributed by atoms with Gasteiger partial charge >= 0.3 is 0 Å². The van der Waals surface area contributed by atoms with Gasteiger partial charge in [-0.15, -0.1) is 0 Å². The van der Waals surface area contributed by atoms with Crippen LogP contribution in [0.5, 0.6) is 0 Å². The average molecular weight is 217 g/mol. The number of piperidine rings is 1. The molecule has 1 heterocycles. The third-order valence-electron chi connectivity index (χ3n) is 3.27. The molecule has 1 saturated heterocycles. The average Bonchev–Trinajstić information content (AvgIpc) is 2.32. The van der Waals surface area contributed by atoms with Crippen LogP contribution >= 0.6 is 0 Å². The molecule has 0 radical (unpaired) electrons. The molecular weight excluding hydrogens is 198 g/mol. The van der Waals surface area contributed by atoms with Crippen molar-refractivity contribution in [2.45, 2.75) is 19.8 Å². The molecule has 86 valence electrons. The topological polar surface area (TPSA) is 41.6 Å². The number of hydrazone groups is 1. The Balaban J connectivity index is 2.04. The van der Waals surface area contributed by atoms with Gasteiger partial charge in [0.05, 0.1) is 6.21 Å². The van der Waals surface area contributed by atoms with Crippen molar-refractivity contribution in [1.29, 1.82) is 0 Å². The zero-order valence-electron chi connectivity index (χ0n) is 9.76. The smallest absolute Gasteiger partial charge is 0.0538 e. The first-order valence-electron chi connectivity index (χ1n) is 5.88. The van der Waals surface area contributed by atoms with Gasteiger partial charge in [-0.1, -0.05) is 19.1 Å². The van der Waals surface area contributed by atoms with Crippen LogP contribution in [0.15, 0.2) is 29.4 Å². The van der Waals surface area contributed by atoms with Crippen molar-refractivity contribution in [3.63, 3.8) is 0 Å². The van der Waals surface area contributed by atoms with Gasteiger partial charge in [-0.25, -0.2) is 0 Å². The Labute approximate surface area is 96.9 Å². The number of anilines is 1. The van der Waals surface area contributed by atoms with Crippen molar-refractivity contribution < 1.29 is 0 Å². The maximum atomic E-state index is 5.12. The van der Waals surface area contributed by atoms with E-state index in [0.717, 1.165) is 11.5 Å². The van der Waals surface area contributed by atoms with E-state index in [1.165, 1.54) is 31.6 Å². The Hall–Kier alpha value is -1.51. The quantitative estimate of drug-likeness (QED) is 0.469. The van der Waals surface area contributed by atoms with Gasteiger partial charge in [0.15, 0.2) is 0 Å². The highest BCUT2D eigenvalue weighted by Crippen LogP contribution is 2.22. The molecular formula is C13H19N3. The number of rotatable bonds is 2. The lowest BCUT2D eigenvalue weighted by molar-refractivity contribution is 0.438. The molecule has 0 atom stereocenters. The van der Waals surface area contributed by atoms with Crippen molar-refractivity contribution in [2.75, 3.05) is 18.0 Å². The van der Waals surface area contributed by atoms with Crippen LogP contribution in [0.25, 0.3) is 0 Å². The van der Waals surface area contributed by atoms with E-state index >= 15 is 0 Å². The lowest BCUT2D eigenvalue weighted by Gasteiger charge is -2.32. The summed E-state index contributed by atoms with van der Waals surface area (Å²) in [6.45, 7) is 4.68. The lowest BCUT2D eigenvalue weighted by atomic mass is 9.99. The summed E-state index contributed by atoms with van der Waals surface area (Å²) in [5.41, 5.74) is 2.36. The molecule has 0 bridgehead atoms. The van der Waals surface area contributed by atoms with Crippen molar-refractivity contribution >= 4 is 11.9 Å². The minimum absolute atomic E-state index is 0.875. The molecule has 0 aromatic heterocycles. The molecule has 0 amide bonds. The summed E-state index contributed by atoms with van der Waals surface area (Å²) < 4.78 is 0. The molecule has 3 heteroatoms. The molecule has 1 aliphatic rings. The normalized spacial score (nSPS) is 18.2. The van der Waals surface area contributed by atoms with Gasteiger partial charge in [-0.2, -0.15) is 5.10 Å². The highest BCUT2D eigenvalue weighted by atomic mass is 15.1. The number of nitrogens with two attached hydrogens (primary N) is 1. The molecule has 1 aromatic rings. The fourth-order valence-corrected chi connectivity index (χ4v) is 2.12. The van der Waals surface area contributed by atoms with Gasteiger partial charge < -0.3 is 10.7 Å². The van der Waals surface area contributed by atoms with Crippen LogP contribution in [0.4, 0.5) is 5.69 Å². The summed E-state index contributed by atoms with van der Waals surface area (Å²) in [4.78, 5) is 2.45. The van der Waals surface area contributed by atoms with Crippen LogP contribution in [0, 0.1) is 5.92 Å². The van der Waals surface area contributed by atoms with E-state index in [4.69, 9.17) is 5.84 Å². The maximum absolute atomic E-state index is 5.12. The third kappa shape index (κ3) is 2.54. The van der Waals surface area contributed by atoms with Crippen LogP contribution in [0.3, 0.4) is 0 Å². The van der Waals surface area contributed by atoms with E-state index < -0.39 is 0 Å². The zero-order chi connectivity index (χ0) is 11.4. The molecule has 0 aliphatic carbocycles. The molecule has 1 fully saturated rings. The summed E-state index contributed by atoms with van der Waals surface area (Å²) >= 11 is 0. The molecule has 1 aliphatic heterocycles. The van der Waals surface area contributed by atoms with E-state index in [1.54, 1.807) is 6.21 Å². The fraction of sp³-hybridized carbons (Fsp3) is 0.462. The van der Waals surface area contributed by atoms with E-state index in [-0.39, 0.29) is 0 Å². The van der Waals surface area contributed by atoms with Crippen LogP contribution < -0.4 is 10.7 Å². The third-order valence-corrected chi connectivity index (χ3v) is 3.27. The minimum atomic E-state index is 0.875. The Morgan fingerprint density at radius 2 is 1.88 bits per heavy atom. The minimum Gasteiger partial charge on any atom is -0.372 e. The standard InChI is InChI=1S/C13H19N3/c1-11-6-8-16(9-7-11)13-4-2-12(3-5-13)10-15-14/h2-5,10-11H,6-9,14H2,1H3. The van der Waals surface area contributed by atoms with Gasteiger partial charge in [0.25, 0.3) is 0 Å². The second-order valence-corrected chi connectivity index (χ2v) is 4.54. The van der Waals surface area contributed by atoms with Crippen molar-refractivity contribution in [2.24, 2.45) is 16.9 Å². The second-order valence-electron chi connectivity index (χ2n) is 4.54. The Bertz CT molecular complexity index is 348.